The van der Waals surface area contributed by atoms with Gasteiger partial charge in [-0.25, -0.2) is 4.39 Å². The van der Waals surface area contributed by atoms with Crippen molar-refractivity contribution in [3.63, 3.8) is 0 Å². The molecule has 0 radical (unpaired) electrons. The fraction of sp³-hybridized carbons (Fsp3) is 0.455. The molecule has 1 aliphatic heterocycles. The van der Waals surface area contributed by atoms with Gasteiger partial charge in [0.25, 0.3) is 0 Å². The van der Waals surface area contributed by atoms with Gasteiger partial charge in [0.1, 0.15) is 17.7 Å². The van der Waals surface area contributed by atoms with Crippen molar-refractivity contribution in [2.75, 3.05) is 13.1 Å². The monoisotopic (exact) mass is 195 g/mol. The number of halogens is 1. The number of piperidine rings is 1. The highest BCUT2D eigenvalue weighted by molar-refractivity contribution is 5.22. The topological polar surface area (TPSA) is 21.3 Å². The molecule has 0 aromatic heterocycles. The zero-order chi connectivity index (χ0) is 9.80. The Kier molecular flexibility index (Phi) is 2.99. The highest BCUT2D eigenvalue weighted by Crippen LogP contribution is 2.15. The molecule has 0 amide bonds. The van der Waals surface area contributed by atoms with E-state index >= 15 is 0 Å². The molecule has 76 valence electrons. The summed E-state index contributed by atoms with van der Waals surface area (Å²) < 4.78 is 18.3. The summed E-state index contributed by atoms with van der Waals surface area (Å²) in [6.45, 7) is 1.96. The molecule has 2 rings (SSSR count). The van der Waals surface area contributed by atoms with E-state index in [9.17, 15) is 4.39 Å². The Hall–Kier alpha value is -1.09. The third kappa shape index (κ3) is 2.45. The van der Waals surface area contributed by atoms with Crippen molar-refractivity contribution in [3.8, 4) is 5.75 Å². The fourth-order valence-electron chi connectivity index (χ4n) is 1.63. The van der Waals surface area contributed by atoms with E-state index < -0.39 is 0 Å². The Balaban J connectivity index is 1.92. The molecule has 0 unspecified atom stereocenters. The molecule has 1 heterocycles. The Labute approximate surface area is 83.1 Å². The molecule has 0 spiro atoms. The predicted octanol–water partition coefficient (Wildman–Crippen LogP) is 1.96. The van der Waals surface area contributed by atoms with Crippen LogP contribution in [0.1, 0.15) is 12.8 Å². The molecule has 14 heavy (non-hydrogen) atoms. The molecular formula is C11H14FNO. The van der Waals surface area contributed by atoms with Crippen LogP contribution >= 0.6 is 0 Å². The van der Waals surface area contributed by atoms with Crippen LogP contribution in [-0.2, 0) is 0 Å². The van der Waals surface area contributed by atoms with Crippen molar-refractivity contribution >= 4 is 0 Å². The molecule has 1 atom stereocenters. The Bertz CT molecular complexity index is 280. The highest BCUT2D eigenvalue weighted by atomic mass is 19.1. The summed E-state index contributed by atoms with van der Waals surface area (Å²) >= 11 is 0. The number of hydrogen-bond acceptors (Lipinski definition) is 2. The van der Waals surface area contributed by atoms with Gasteiger partial charge in [0.15, 0.2) is 0 Å². The molecule has 0 aliphatic carbocycles. The maximum atomic E-state index is 12.6. The molecule has 2 nitrogen and oxygen atoms in total. The van der Waals surface area contributed by atoms with Crippen molar-refractivity contribution in [1.82, 2.24) is 5.32 Å². The third-order valence-corrected chi connectivity index (χ3v) is 2.37. The van der Waals surface area contributed by atoms with Crippen LogP contribution in [0.15, 0.2) is 24.3 Å². The second-order valence-corrected chi connectivity index (χ2v) is 3.54. The largest absolute Gasteiger partial charge is 0.489 e. The average Bonchev–Trinajstić information content (AvgIpc) is 2.23. The van der Waals surface area contributed by atoms with Gasteiger partial charge in [-0.15, -0.1) is 0 Å². The van der Waals surface area contributed by atoms with Crippen molar-refractivity contribution in [1.29, 1.82) is 0 Å². The second-order valence-electron chi connectivity index (χ2n) is 3.54. The first-order valence-electron chi connectivity index (χ1n) is 4.97. The maximum absolute atomic E-state index is 12.6. The van der Waals surface area contributed by atoms with E-state index in [2.05, 4.69) is 5.32 Å². The zero-order valence-corrected chi connectivity index (χ0v) is 8.00. The van der Waals surface area contributed by atoms with Gasteiger partial charge in [-0.3, -0.25) is 0 Å². The van der Waals surface area contributed by atoms with Gasteiger partial charge in [0.05, 0.1) is 0 Å². The van der Waals surface area contributed by atoms with Gasteiger partial charge in [-0.05, 0) is 43.7 Å². The summed E-state index contributed by atoms with van der Waals surface area (Å²) in [4.78, 5) is 0. The smallest absolute Gasteiger partial charge is 0.123 e. The average molecular weight is 195 g/mol. The van der Waals surface area contributed by atoms with E-state index in [1.165, 1.54) is 12.1 Å². The summed E-state index contributed by atoms with van der Waals surface area (Å²) in [7, 11) is 0. The summed E-state index contributed by atoms with van der Waals surface area (Å²) in [5.41, 5.74) is 0. The molecule has 1 N–H and O–H groups in total. The van der Waals surface area contributed by atoms with E-state index in [1.807, 2.05) is 0 Å². The normalized spacial score (nSPS) is 21.9. The first-order chi connectivity index (χ1) is 6.84. The number of benzene rings is 1. The fourth-order valence-corrected chi connectivity index (χ4v) is 1.63. The van der Waals surface area contributed by atoms with Crippen molar-refractivity contribution < 1.29 is 9.13 Å². The lowest BCUT2D eigenvalue weighted by molar-refractivity contribution is 0.167. The minimum atomic E-state index is -0.223. The molecular weight excluding hydrogens is 181 g/mol. The first kappa shape index (κ1) is 9.46. The summed E-state index contributed by atoms with van der Waals surface area (Å²) in [5.74, 6) is 0.527. The lowest BCUT2D eigenvalue weighted by Crippen LogP contribution is -2.37. The number of hydrogen-bond donors (Lipinski definition) is 1. The van der Waals surface area contributed by atoms with E-state index in [4.69, 9.17) is 4.74 Å². The van der Waals surface area contributed by atoms with Crippen LogP contribution in [0.25, 0.3) is 0 Å². The maximum Gasteiger partial charge on any atom is 0.123 e. The van der Waals surface area contributed by atoms with Gasteiger partial charge in [-0.1, -0.05) is 0 Å². The predicted molar refractivity (Wildman–Crippen MR) is 52.9 cm³/mol. The van der Waals surface area contributed by atoms with Crippen LogP contribution in [0.4, 0.5) is 4.39 Å². The quantitative estimate of drug-likeness (QED) is 0.778. The van der Waals surface area contributed by atoms with Crippen molar-refractivity contribution in [2.24, 2.45) is 0 Å². The minimum Gasteiger partial charge on any atom is -0.489 e. The van der Waals surface area contributed by atoms with E-state index in [0.717, 1.165) is 31.7 Å². The van der Waals surface area contributed by atoms with E-state index in [-0.39, 0.29) is 11.9 Å². The molecule has 3 heteroatoms. The highest BCUT2D eigenvalue weighted by Gasteiger charge is 2.13. The molecule has 1 aromatic carbocycles. The van der Waals surface area contributed by atoms with Crippen LogP contribution < -0.4 is 10.1 Å². The Morgan fingerprint density at radius 3 is 2.71 bits per heavy atom. The van der Waals surface area contributed by atoms with Gasteiger partial charge >= 0.3 is 0 Å². The second kappa shape index (κ2) is 4.42. The Morgan fingerprint density at radius 2 is 2.07 bits per heavy atom. The minimum absolute atomic E-state index is 0.223. The van der Waals surface area contributed by atoms with Gasteiger partial charge in [-0.2, -0.15) is 0 Å². The van der Waals surface area contributed by atoms with Crippen LogP contribution in [0.5, 0.6) is 5.75 Å². The van der Waals surface area contributed by atoms with Crippen molar-refractivity contribution in [3.05, 3.63) is 30.1 Å². The molecule has 1 aromatic rings. The Morgan fingerprint density at radius 1 is 1.29 bits per heavy atom. The van der Waals surface area contributed by atoms with E-state index in [0.29, 0.717) is 0 Å². The van der Waals surface area contributed by atoms with Crippen LogP contribution in [0, 0.1) is 5.82 Å². The third-order valence-electron chi connectivity index (χ3n) is 2.37. The zero-order valence-electron chi connectivity index (χ0n) is 8.00. The van der Waals surface area contributed by atoms with Crippen LogP contribution in [0.2, 0.25) is 0 Å². The van der Waals surface area contributed by atoms with Crippen molar-refractivity contribution in [2.45, 2.75) is 18.9 Å². The SMILES string of the molecule is Fc1ccc(O[C@@H]2CCCNC2)cc1. The van der Waals surface area contributed by atoms with Crippen LogP contribution in [0.3, 0.4) is 0 Å². The molecule has 0 saturated carbocycles. The number of nitrogens with one attached hydrogen (secondary N) is 1. The molecule has 1 fully saturated rings. The van der Waals surface area contributed by atoms with E-state index in [1.54, 1.807) is 12.1 Å². The van der Waals surface area contributed by atoms with Gasteiger partial charge < -0.3 is 10.1 Å². The lowest BCUT2D eigenvalue weighted by atomic mass is 10.1. The molecule has 1 aliphatic rings. The number of ether oxygens (including phenoxy) is 1. The molecule has 1 saturated heterocycles. The summed E-state index contributed by atoms with van der Waals surface area (Å²) in [6.07, 6.45) is 2.45. The van der Waals surface area contributed by atoms with Gasteiger partial charge in [0.2, 0.25) is 0 Å². The summed E-state index contributed by atoms with van der Waals surface area (Å²) in [6, 6.07) is 6.19. The van der Waals surface area contributed by atoms with Gasteiger partial charge in [0, 0.05) is 6.54 Å². The molecule has 0 bridgehead atoms. The first-order valence-corrected chi connectivity index (χ1v) is 4.97. The lowest BCUT2D eigenvalue weighted by Gasteiger charge is -2.23. The van der Waals surface area contributed by atoms with Crippen LogP contribution in [-0.4, -0.2) is 19.2 Å². The standard InChI is InChI=1S/C11H14FNO/c12-9-3-5-10(6-4-9)14-11-2-1-7-13-8-11/h3-6,11,13H,1-2,7-8H2/t11-/m1/s1. The summed E-state index contributed by atoms with van der Waals surface area (Å²) in [5, 5.41) is 3.27. The number of rotatable bonds is 2.